The second-order valence-corrected chi connectivity index (χ2v) is 5.69. The molecule has 1 atom stereocenters. The van der Waals surface area contributed by atoms with Gasteiger partial charge in [0.2, 0.25) is 5.91 Å². The van der Waals surface area contributed by atoms with Crippen LogP contribution in [0.1, 0.15) is 27.7 Å². The topological polar surface area (TPSA) is 50.4 Å². The van der Waals surface area contributed by atoms with E-state index in [1.54, 1.807) is 0 Å². The molecule has 1 amide bonds. The van der Waals surface area contributed by atoms with Crippen LogP contribution in [0.4, 0.5) is 5.69 Å². The number of amides is 1. The molecule has 0 aliphatic rings. The molecule has 0 radical (unpaired) electrons. The van der Waals surface area contributed by atoms with Crippen molar-refractivity contribution in [1.29, 1.82) is 0 Å². The van der Waals surface area contributed by atoms with Gasteiger partial charge in [-0.25, -0.2) is 0 Å². The van der Waals surface area contributed by atoms with Gasteiger partial charge < -0.3 is 15.4 Å². The maximum Gasteiger partial charge on any atom is 0.228 e. The summed E-state index contributed by atoms with van der Waals surface area (Å²) in [6.07, 6.45) is 0. The Morgan fingerprint density at radius 3 is 2.25 bits per heavy atom. The molecule has 2 N–H and O–H groups in total. The Bertz CT molecular complexity index is 413. The molecule has 0 aliphatic carbocycles. The van der Waals surface area contributed by atoms with Gasteiger partial charge in [0.1, 0.15) is 11.4 Å². The van der Waals surface area contributed by atoms with Crippen molar-refractivity contribution >= 4 is 24.0 Å². The summed E-state index contributed by atoms with van der Waals surface area (Å²) in [5, 5.41) is 5.87. The van der Waals surface area contributed by atoms with Gasteiger partial charge in [0, 0.05) is 18.2 Å². The van der Waals surface area contributed by atoms with Crippen LogP contribution in [0.25, 0.3) is 0 Å². The highest BCUT2D eigenvalue weighted by molar-refractivity contribution is 5.92. The van der Waals surface area contributed by atoms with Gasteiger partial charge >= 0.3 is 0 Å². The number of hydrogen-bond acceptors (Lipinski definition) is 3. The number of benzene rings is 1. The molecule has 0 aliphatic heterocycles. The van der Waals surface area contributed by atoms with Crippen LogP contribution in [0, 0.1) is 5.92 Å². The van der Waals surface area contributed by atoms with Crippen LogP contribution in [0.5, 0.6) is 5.75 Å². The van der Waals surface area contributed by atoms with Crippen molar-refractivity contribution in [1.82, 2.24) is 5.32 Å². The lowest BCUT2D eigenvalue weighted by Crippen LogP contribution is -2.28. The fraction of sp³-hybridized carbons (Fsp3) is 0.533. The average molecular weight is 301 g/mol. The Labute approximate surface area is 127 Å². The van der Waals surface area contributed by atoms with Gasteiger partial charge in [-0.3, -0.25) is 4.79 Å². The van der Waals surface area contributed by atoms with Gasteiger partial charge in [0.05, 0.1) is 0 Å². The Kier molecular flexibility index (Phi) is 7.61. The monoisotopic (exact) mass is 300 g/mol. The predicted molar refractivity (Wildman–Crippen MR) is 85.8 cm³/mol. The van der Waals surface area contributed by atoms with Gasteiger partial charge in [-0.05, 0) is 52.1 Å². The van der Waals surface area contributed by atoms with Gasteiger partial charge in [0.15, 0.2) is 0 Å². The Morgan fingerprint density at radius 2 is 1.80 bits per heavy atom. The van der Waals surface area contributed by atoms with Gasteiger partial charge in [0.25, 0.3) is 0 Å². The molecule has 0 saturated carbocycles. The molecule has 1 aromatic rings. The van der Waals surface area contributed by atoms with Crippen molar-refractivity contribution in [3.63, 3.8) is 0 Å². The number of carbonyl (C=O) groups excluding carboxylic acids is 1. The van der Waals surface area contributed by atoms with E-state index in [2.05, 4.69) is 10.6 Å². The summed E-state index contributed by atoms with van der Waals surface area (Å²) < 4.78 is 5.72. The molecule has 0 heterocycles. The van der Waals surface area contributed by atoms with Crippen LogP contribution < -0.4 is 15.4 Å². The van der Waals surface area contributed by atoms with Gasteiger partial charge in [-0.2, -0.15) is 0 Å². The summed E-state index contributed by atoms with van der Waals surface area (Å²) in [5.74, 6) is 0.753. The van der Waals surface area contributed by atoms with Gasteiger partial charge in [-0.15, -0.1) is 12.4 Å². The van der Waals surface area contributed by atoms with Crippen LogP contribution in [0.15, 0.2) is 24.3 Å². The molecule has 5 heteroatoms. The Morgan fingerprint density at radius 1 is 1.25 bits per heavy atom. The third kappa shape index (κ3) is 6.78. The molecule has 0 spiro atoms. The van der Waals surface area contributed by atoms with E-state index >= 15 is 0 Å². The van der Waals surface area contributed by atoms with Crippen LogP contribution in [-0.2, 0) is 4.79 Å². The first-order chi connectivity index (χ1) is 8.81. The molecule has 4 nitrogen and oxygen atoms in total. The lowest BCUT2D eigenvalue weighted by Gasteiger charge is -2.21. The SMILES string of the molecule is CNCC(C)C(=O)Nc1ccc(OC(C)(C)C)cc1.Cl. The lowest BCUT2D eigenvalue weighted by atomic mass is 10.1. The Hall–Kier alpha value is -1.26. The summed E-state index contributed by atoms with van der Waals surface area (Å²) in [5.41, 5.74) is 0.570. The highest BCUT2D eigenvalue weighted by Crippen LogP contribution is 2.20. The van der Waals surface area contributed by atoms with Crippen molar-refractivity contribution in [3.8, 4) is 5.75 Å². The van der Waals surface area contributed by atoms with Gasteiger partial charge in [-0.1, -0.05) is 6.92 Å². The Balaban J connectivity index is 0.00000361. The summed E-state index contributed by atoms with van der Waals surface area (Å²) in [4.78, 5) is 11.8. The van der Waals surface area contributed by atoms with E-state index in [0.717, 1.165) is 11.4 Å². The molecular formula is C15H25ClN2O2. The minimum absolute atomic E-state index is 0. The minimum atomic E-state index is -0.216. The summed E-state index contributed by atoms with van der Waals surface area (Å²) in [6.45, 7) is 8.56. The van der Waals surface area contributed by atoms with Crippen LogP contribution >= 0.6 is 12.4 Å². The zero-order valence-corrected chi connectivity index (χ0v) is 13.6. The van der Waals surface area contributed by atoms with E-state index in [-0.39, 0.29) is 29.8 Å². The highest BCUT2D eigenvalue weighted by Gasteiger charge is 2.13. The first kappa shape index (κ1) is 18.7. The zero-order chi connectivity index (χ0) is 14.5. The second-order valence-electron chi connectivity index (χ2n) is 5.69. The molecule has 0 fully saturated rings. The largest absolute Gasteiger partial charge is 0.488 e. The van der Waals surface area contributed by atoms with E-state index in [0.29, 0.717) is 6.54 Å². The van der Waals surface area contributed by atoms with Crippen LogP contribution in [-0.4, -0.2) is 25.1 Å². The van der Waals surface area contributed by atoms with E-state index in [4.69, 9.17) is 4.74 Å². The van der Waals surface area contributed by atoms with Crippen molar-refractivity contribution in [2.24, 2.45) is 5.92 Å². The molecule has 0 bridgehead atoms. The lowest BCUT2D eigenvalue weighted by molar-refractivity contribution is -0.119. The number of carbonyl (C=O) groups is 1. The van der Waals surface area contributed by atoms with Crippen molar-refractivity contribution in [2.75, 3.05) is 18.9 Å². The third-order valence-electron chi connectivity index (χ3n) is 2.50. The summed E-state index contributed by atoms with van der Waals surface area (Å²) in [7, 11) is 1.84. The first-order valence-electron chi connectivity index (χ1n) is 6.56. The van der Waals surface area contributed by atoms with E-state index in [9.17, 15) is 4.79 Å². The second kappa shape index (κ2) is 8.12. The number of anilines is 1. The van der Waals surface area contributed by atoms with E-state index in [1.807, 2.05) is 59.0 Å². The first-order valence-corrected chi connectivity index (χ1v) is 6.56. The van der Waals surface area contributed by atoms with Crippen molar-refractivity contribution in [2.45, 2.75) is 33.3 Å². The zero-order valence-electron chi connectivity index (χ0n) is 12.8. The molecule has 20 heavy (non-hydrogen) atoms. The van der Waals surface area contributed by atoms with E-state index in [1.165, 1.54) is 0 Å². The number of rotatable bonds is 5. The predicted octanol–water partition coefficient (Wildman–Crippen LogP) is 3.08. The summed E-state index contributed by atoms with van der Waals surface area (Å²) >= 11 is 0. The molecule has 114 valence electrons. The fourth-order valence-electron chi connectivity index (χ4n) is 1.62. The molecule has 0 saturated heterocycles. The third-order valence-corrected chi connectivity index (χ3v) is 2.50. The fourth-order valence-corrected chi connectivity index (χ4v) is 1.62. The number of nitrogens with one attached hydrogen (secondary N) is 2. The number of ether oxygens (including phenoxy) is 1. The number of halogens is 1. The smallest absolute Gasteiger partial charge is 0.228 e. The molecule has 1 unspecified atom stereocenters. The minimum Gasteiger partial charge on any atom is -0.488 e. The molecule has 1 aromatic carbocycles. The van der Waals surface area contributed by atoms with Crippen molar-refractivity contribution in [3.05, 3.63) is 24.3 Å². The maximum absolute atomic E-state index is 11.8. The standard InChI is InChI=1S/C15H24N2O2.ClH/c1-11(10-16-5)14(18)17-12-6-8-13(9-7-12)19-15(2,3)4;/h6-9,11,16H,10H2,1-5H3,(H,17,18);1H. The molecule has 0 aromatic heterocycles. The van der Waals surface area contributed by atoms with Crippen LogP contribution in [0.2, 0.25) is 0 Å². The maximum atomic E-state index is 11.8. The normalized spacial score (nSPS) is 12.2. The quantitative estimate of drug-likeness (QED) is 0.878. The summed E-state index contributed by atoms with van der Waals surface area (Å²) in [6, 6.07) is 7.43. The van der Waals surface area contributed by atoms with Crippen molar-refractivity contribution < 1.29 is 9.53 Å². The average Bonchev–Trinajstić information content (AvgIpc) is 2.30. The molecular weight excluding hydrogens is 276 g/mol. The number of hydrogen-bond donors (Lipinski definition) is 2. The van der Waals surface area contributed by atoms with Crippen LogP contribution in [0.3, 0.4) is 0 Å². The molecule has 1 rings (SSSR count). The van der Waals surface area contributed by atoms with E-state index < -0.39 is 0 Å². The highest BCUT2D eigenvalue weighted by atomic mass is 35.5.